The Morgan fingerprint density at radius 1 is 0.853 bits per heavy atom. The Kier molecular flexibility index (Phi) is 7.50. The first-order chi connectivity index (χ1) is 16.4. The van der Waals surface area contributed by atoms with Crippen LogP contribution in [0.3, 0.4) is 0 Å². The van der Waals surface area contributed by atoms with Gasteiger partial charge < -0.3 is 14.4 Å². The summed E-state index contributed by atoms with van der Waals surface area (Å²) in [5.41, 5.74) is -0.0667. The number of nitrogens with zero attached hydrogens (tertiary/aromatic N) is 7. The van der Waals surface area contributed by atoms with Crippen LogP contribution < -0.4 is 11.2 Å². The second-order valence-electron chi connectivity index (χ2n) is 9.37. The zero-order valence-electron chi connectivity index (χ0n) is 20.2. The zero-order chi connectivity index (χ0) is 24.2. The fraction of sp³-hybridized carbons (Fsp3) is 0.696. The minimum Gasteiger partial charge on any atom is -0.342 e. The number of aryl methyl sites for hydroxylation is 2. The average Bonchev–Trinajstić information content (AvgIpc) is 3.06. The largest absolute Gasteiger partial charge is 0.342 e. The lowest BCUT2D eigenvalue weighted by molar-refractivity contribution is -0.135. The van der Waals surface area contributed by atoms with Crippen molar-refractivity contribution in [3.63, 3.8) is 0 Å². The third kappa shape index (κ3) is 5.08. The van der Waals surface area contributed by atoms with Crippen LogP contribution in [0.5, 0.6) is 0 Å². The van der Waals surface area contributed by atoms with Gasteiger partial charge in [0.1, 0.15) is 0 Å². The Labute approximate surface area is 198 Å². The van der Waals surface area contributed by atoms with Crippen molar-refractivity contribution in [2.24, 2.45) is 14.1 Å². The summed E-state index contributed by atoms with van der Waals surface area (Å²) in [6, 6.07) is 0. The second-order valence-corrected chi connectivity index (χ2v) is 9.37. The normalized spacial score (nSPS) is 17.8. The number of aromatic nitrogens is 4. The van der Waals surface area contributed by atoms with Gasteiger partial charge in [0, 0.05) is 66.3 Å². The van der Waals surface area contributed by atoms with Crippen LogP contribution in [0.25, 0.3) is 11.2 Å². The van der Waals surface area contributed by atoms with Gasteiger partial charge in [0.25, 0.3) is 5.56 Å². The molecule has 0 saturated carbocycles. The summed E-state index contributed by atoms with van der Waals surface area (Å²) in [5, 5.41) is 0. The molecule has 4 rings (SSSR count). The molecule has 0 aromatic carbocycles. The van der Waals surface area contributed by atoms with Crippen LogP contribution in [-0.2, 0) is 30.2 Å². The number of imidazole rings is 1. The number of carbonyl (C=O) groups is 2. The molecule has 11 heteroatoms. The van der Waals surface area contributed by atoms with Crippen LogP contribution in [0, 0.1) is 0 Å². The molecule has 2 aliphatic heterocycles. The predicted molar refractivity (Wildman–Crippen MR) is 128 cm³/mol. The Bertz CT molecular complexity index is 1150. The predicted octanol–water partition coefficient (Wildman–Crippen LogP) is -0.239. The first kappa shape index (κ1) is 24.2. The first-order valence-corrected chi connectivity index (χ1v) is 12.3. The van der Waals surface area contributed by atoms with Crippen LogP contribution in [0.15, 0.2) is 15.9 Å². The molecule has 2 saturated heterocycles. The molecule has 2 aliphatic rings. The lowest BCUT2D eigenvalue weighted by Crippen LogP contribution is -2.51. The summed E-state index contributed by atoms with van der Waals surface area (Å²) in [4.78, 5) is 60.2. The summed E-state index contributed by atoms with van der Waals surface area (Å²) < 4.78 is 4.15. The smallest absolute Gasteiger partial charge is 0.332 e. The quantitative estimate of drug-likeness (QED) is 0.574. The van der Waals surface area contributed by atoms with Crippen LogP contribution in [-0.4, -0.2) is 91.0 Å². The van der Waals surface area contributed by atoms with Gasteiger partial charge in [-0.1, -0.05) is 12.8 Å². The Morgan fingerprint density at radius 3 is 2.18 bits per heavy atom. The van der Waals surface area contributed by atoms with E-state index in [0.717, 1.165) is 30.5 Å². The standard InChI is InChI=1S/C23H35N7O4/c1-25-21-20(22(33)26(2)23(25)34)30(17-24-21)11-7-8-18(31)29-14-12-27(13-15-29)16-19(32)28-9-5-3-4-6-10-28/h17H,3-16H2,1-2H3. The topological polar surface area (TPSA) is 106 Å². The minimum absolute atomic E-state index is 0.0863. The van der Waals surface area contributed by atoms with Gasteiger partial charge in [0.2, 0.25) is 11.8 Å². The summed E-state index contributed by atoms with van der Waals surface area (Å²) in [6.07, 6.45) is 7.10. The molecule has 0 unspecified atom stereocenters. The van der Waals surface area contributed by atoms with Crippen molar-refractivity contribution in [2.75, 3.05) is 45.8 Å². The van der Waals surface area contributed by atoms with Gasteiger partial charge in [0.15, 0.2) is 11.2 Å². The van der Waals surface area contributed by atoms with Gasteiger partial charge in [-0.05, 0) is 19.3 Å². The number of amides is 2. The van der Waals surface area contributed by atoms with E-state index in [9.17, 15) is 19.2 Å². The molecule has 11 nitrogen and oxygen atoms in total. The van der Waals surface area contributed by atoms with Gasteiger partial charge in [-0.15, -0.1) is 0 Å². The summed E-state index contributed by atoms with van der Waals surface area (Å²) >= 11 is 0. The van der Waals surface area contributed by atoms with Gasteiger partial charge >= 0.3 is 5.69 Å². The highest BCUT2D eigenvalue weighted by atomic mass is 16.2. The summed E-state index contributed by atoms with van der Waals surface area (Å²) in [6.45, 7) is 5.32. The minimum atomic E-state index is -0.412. The molecule has 4 heterocycles. The Hall–Kier alpha value is -2.95. The van der Waals surface area contributed by atoms with Crippen molar-refractivity contribution in [3.05, 3.63) is 27.2 Å². The SMILES string of the molecule is Cn1c(=O)c2c(ncn2CCCC(=O)N2CCN(CC(=O)N3CCCCCC3)CC2)n(C)c1=O. The molecule has 0 N–H and O–H groups in total. The van der Waals surface area contributed by atoms with E-state index < -0.39 is 5.69 Å². The van der Waals surface area contributed by atoms with E-state index in [1.54, 1.807) is 17.9 Å². The molecule has 0 bridgehead atoms. The van der Waals surface area contributed by atoms with Crippen molar-refractivity contribution >= 4 is 23.0 Å². The molecule has 2 aromatic heterocycles. The monoisotopic (exact) mass is 473 g/mol. The molecule has 2 fully saturated rings. The Balaban J connectivity index is 1.25. The molecular formula is C23H35N7O4. The lowest BCUT2D eigenvalue weighted by atomic mass is 10.2. The fourth-order valence-corrected chi connectivity index (χ4v) is 4.89. The van der Waals surface area contributed by atoms with Crippen molar-refractivity contribution in [3.8, 4) is 0 Å². The van der Waals surface area contributed by atoms with Gasteiger partial charge in [-0.2, -0.15) is 0 Å². The molecule has 186 valence electrons. The average molecular weight is 474 g/mol. The summed E-state index contributed by atoms with van der Waals surface area (Å²) in [5.74, 6) is 0.293. The lowest BCUT2D eigenvalue weighted by Gasteiger charge is -2.35. The van der Waals surface area contributed by atoms with E-state index >= 15 is 0 Å². The third-order valence-corrected chi connectivity index (χ3v) is 7.05. The number of rotatable bonds is 6. The molecule has 0 aliphatic carbocycles. The van der Waals surface area contributed by atoms with Gasteiger partial charge in [-0.25, -0.2) is 9.78 Å². The van der Waals surface area contributed by atoms with Crippen molar-refractivity contribution < 1.29 is 9.59 Å². The molecule has 34 heavy (non-hydrogen) atoms. The van der Waals surface area contributed by atoms with Crippen LogP contribution >= 0.6 is 0 Å². The zero-order valence-corrected chi connectivity index (χ0v) is 20.2. The molecule has 2 amide bonds. The second kappa shape index (κ2) is 10.5. The van der Waals surface area contributed by atoms with Crippen molar-refractivity contribution in [1.82, 2.24) is 33.4 Å². The highest BCUT2D eigenvalue weighted by molar-refractivity contribution is 5.78. The Morgan fingerprint density at radius 2 is 1.50 bits per heavy atom. The van der Waals surface area contributed by atoms with E-state index in [1.807, 2.05) is 9.80 Å². The highest BCUT2D eigenvalue weighted by Crippen LogP contribution is 2.12. The van der Waals surface area contributed by atoms with Crippen LogP contribution in [0.4, 0.5) is 0 Å². The number of likely N-dealkylation sites (tertiary alicyclic amines) is 1. The van der Waals surface area contributed by atoms with E-state index in [2.05, 4.69) is 9.88 Å². The first-order valence-electron chi connectivity index (χ1n) is 12.3. The highest BCUT2D eigenvalue weighted by Gasteiger charge is 2.24. The van der Waals surface area contributed by atoms with E-state index in [4.69, 9.17) is 0 Å². The number of carbonyl (C=O) groups excluding carboxylic acids is 2. The molecule has 0 spiro atoms. The number of piperazine rings is 1. The van der Waals surface area contributed by atoms with E-state index in [1.165, 1.54) is 24.5 Å². The maximum Gasteiger partial charge on any atom is 0.332 e. The third-order valence-electron chi connectivity index (χ3n) is 7.05. The van der Waals surface area contributed by atoms with Crippen LogP contribution in [0.1, 0.15) is 38.5 Å². The number of hydrogen-bond acceptors (Lipinski definition) is 6. The molecule has 0 radical (unpaired) electrons. The van der Waals surface area contributed by atoms with E-state index in [0.29, 0.717) is 63.3 Å². The maximum atomic E-state index is 12.7. The number of fused-ring (bicyclic) bond motifs is 1. The fourth-order valence-electron chi connectivity index (χ4n) is 4.89. The molecule has 2 aromatic rings. The number of hydrogen-bond donors (Lipinski definition) is 0. The van der Waals surface area contributed by atoms with Gasteiger partial charge in [0.05, 0.1) is 12.9 Å². The van der Waals surface area contributed by atoms with Crippen molar-refractivity contribution in [2.45, 2.75) is 45.1 Å². The molecule has 0 atom stereocenters. The van der Waals surface area contributed by atoms with Crippen LogP contribution in [0.2, 0.25) is 0 Å². The maximum absolute atomic E-state index is 12.7. The van der Waals surface area contributed by atoms with Gasteiger partial charge in [-0.3, -0.25) is 28.4 Å². The van der Waals surface area contributed by atoms with Crippen molar-refractivity contribution in [1.29, 1.82) is 0 Å². The van der Waals surface area contributed by atoms with E-state index in [-0.39, 0.29) is 17.4 Å². The summed E-state index contributed by atoms with van der Waals surface area (Å²) in [7, 11) is 3.04. The molecular weight excluding hydrogens is 438 g/mol.